The molecule has 1 aliphatic rings. The van der Waals surface area contributed by atoms with Crippen LogP contribution in [-0.4, -0.2) is 76.5 Å². The number of amides is 1. The van der Waals surface area contributed by atoms with Gasteiger partial charge in [0.05, 0.1) is 24.7 Å². The summed E-state index contributed by atoms with van der Waals surface area (Å²) < 4.78 is 29.1. The second-order valence-corrected chi connectivity index (χ2v) is 10.3. The Balaban J connectivity index is 1.77. The molecule has 0 spiro atoms. The van der Waals surface area contributed by atoms with Gasteiger partial charge in [-0.15, -0.1) is 0 Å². The van der Waals surface area contributed by atoms with Crippen LogP contribution >= 0.6 is 0 Å². The number of benzene rings is 2. The summed E-state index contributed by atoms with van der Waals surface area (Å²) >= 11 is 0. The molecule has 2 aromatic carbocycles. The first-order valence-electron chi connectivity index (χ1n) is 10.4. The van der Waals surface area contributed by atoms with Crippen molar-refractivity contribution in [3.05, 3.63) is 65.7 Å². The topological polar surface area (TPSA) is 79.0 Å². The first-order valence-corrected chi connectivity index (χ1v) is 12.2. The van der Waals surface area contributed by atoms with Crippen molar-refractivity contribution in [2.75, 3.05) is 52.3 Å². The Morgan fingerprint density at radius 3 is 2.32 bits per heavy atom. The number of ether oxygens (including phenoxy) is 1. The van der Waals surface area contributed by atoms with Gasteiger partial charge in [-0.05, 0) is 37.4 Å². The van der Waals surface area contributed by atoms with Gasteiger partial charge >= 0.3 is 0 Å². The maximum Gasteiger partial charge on any atom is 0.242 e. The molecule has 1 amide bonds. The van der Waals surface area contributed by atoms with Gasteiger partial charge in [0, 0.05) is 19.6 Å². The molecular formula is C23H31N3O4S. The van der Waals surface area contributed by atoms with E-state index in [1.807, 2.05) is 73.6 Å². The highest BCUT2D eigenvalue weighted by Gasteiger charge is 2.32. The van der Waals surface area contributed by atoms with E-state index < -0.39 is 15.9 Å². The normalized spacial score (nSPS) is 18.3. The maximum atomic E-state index is 13.3. The predicted molar refractivity (Wildman–Crippen MR) is 122 cm³/mol. The summed E-state index contributed by atoms with van der Waals surface area (Å²) in [7, 11) is 2.55. The van der Waals surface area contributed by atoms with Gasteiger partial charge in [-0.3, -0.25) is 9.69 Å². The molecule has 2 atom stereocenters. The summed E-state index contributed by atoms with van der Waals surface area (Å²) in [4.78, 5) is 17.4. The van der Waals surface area contributed by atoms with Crippen molar-refractivity contribution in [1.29, 1.82) is 0 Å². The molecule has 0 aromatic heterocycles. The monoisotopic (exact) mass is 445 g/mol. The fraction of sp³-hybridized carbons (Fsp3) is 0.435. The van der Waals surface area contributed by atoms with Crippen LogP contribution in [0.25, 0.3) is 0 Å². The van der Waals surface area contributed by atoms with E-state index in [4.69, 9.17) is 4.74 Å². The van der Waals surface area contributed by atoms with E-state index in [1.165, 1.54) is 0 Å². The molecule has 3 rings (SSSR count). The fourth-order valence-corrected chi connectivity index (χ4v) is 5.12. The van der Waals surface area contributed by atoms with Gasteiger partial charge in [0.25, 0.3) is 0 Å². The Morgan fingerprint density at radius 1 is 1.06 bits per heavy atom. The quantitative estimate of drug-likeness (QED) is 0.669. The number of likely N-dealkylation sites (N-methyl/N-ethyl adjacent to an activating group) is 1. The molecule has 0 saturated carbocycles. The number of nitrogens with zero attached hydrogens (tertiary/aromatic N) is 2. The number of hydrogen-bond donors (Lipinski definition) is 1. The zero-order valence-corrected chi connectivity index (χ0v) is 19.1. The molecule has 0 aliphatic carbocycles. The summed E-state index contributed by atoms with van der Waals surface area (Å²) in [5, 5.41) is 3.10. The molecule has 1 fully saturated rings. The van der Waals surface area contributed by atoms with E-state index in [0.29, 0.717) is 19.6 Å². The van der Waals surface area contributed by atoms with Crippen LogP contribution in [-0.2, 0) is 14.6 Å². The molecule has 0 bridgehead atoms. The van der Waals surface area contributed by atoms with Crippen LogP contribution < -0.4 is 10.1 Å². The van der Waals surface area contributed by atoms with E-state index in [1.54, 1.807) is 7.11 Å². The molecular weight excluding hydrogens is 414 g/mol. The van der Waals surface area contributed by atoms with Crippen molar-refractivity contribution in [2.24, 2.45) is 0 Å². The first-order chi connectivity index (χ1) is 14.8. The Kier molecular flexibility index (Phi) is 7.69. The zero-order valence-electron chi connectivity index (χ0n) is 18.3. The number of carbonyl (C=O) groups is 1. The number of methoxy groups -OCH3 is 1. The first kappa shape index (κ1) is 23.2. The highest BCUT2D eigenvalue weighted by molar-refractivity contribution is 7.91. The van der Waals surface area contributed by atoms with Crippen LogP contribution in [0.4, 0.5) is 0 Å². The van der Waals surface area contributed by atoms with Gasteiger partial charge in [0.15, 0.2) is 9.84 Å². The van der Waals surface area contributed by atoms with Crippen LogP contribution in [0.15, 0.2) is 54.6 Å². The molecule has 168 valence electrons. The van der Waals surface area contributed by atoms with Gasteiger partial charge in [-0.2, -0.15) is 0 Å². The smallest absolute Gasteiger partial charge is 0.242 e. The number of sulfone groups is 1. The third-order valence-corrected chi connectivity index (χ3v) is 7.29. The summed E-state index contributed by atoms with van der Waals surface area (Å²) in [6.45, 7) is 1.12. The third-order valence-electron chi connectivity index (χ3n) is 5.68. The molecule has 2 aromatic rings. The summed E-state index contributed by atoms with van der Waals surface area (Å²) in [5.41, 5.74) is 1.91. The molecule has 0 radical (unpaired) electrons. The molecule has 8 heteroatoms. The lowest BCUT2D eigenvalue weighted by molar-refractivity contribution is -0.126. The number of nitrogens with one attached hydrogen (secondary N) is 1. The molecule has 1 heterocycles. The average molecular weight is 446 g/mol. The average Bonchev–Trinajstić information content (AvgIpc) is 2.76. The molecule has 1 saturated heterocycles. The van der Waals surface area contributed by atoms with E-state index in [0.717, 1.165) is 16.9 Å². The Labute approximate surface area is 184 Å². The highest BCUT2D eigenvalue weighted by atomic mass is 32.2. The molecule has 2 unspecified atom stereocenters. The zero-order chi connectivity index (χ0) is 22.4. The van der Waals surface area contributed by atoms with E-state index >= 15 is 0 Å². The van der Waals surface area contributed by atoms with Gasteiger partial charge < -0.3 is 15.0 Å². The van der Waals surface area contributed by atoms with Crippen molar-refractivity contribution in [3.8, 4) is 5.75 Å². The van der Waals surface area contributed by atoms with Crippen LogP contribution in [0, 0.1) is 0 Å². The highest BCUT2D eigenvalue weighted by Crippen LogP contribution is 2.25. The lowest BCUT2D eigenvalue weighted by atomic mass is 10.0. The minimum Gasteiger partial charge on any atom is -0.497 e. The lowest BCUT2D eigenvalue weighted by Gasteiger charge is -2.34. The van der Waals surface area contributed by atoms with Crippen LogP contribution in [0.5, 0.6) is 5.75 Å². The fourth-order valence-electron chi connectivity index (χ4n) is 3.89. The van der Waals surface area contributed by atoms with Crippen molar-refractivity contribution in [2.45, 2.75) is 12.1 Å². The summed E-state index contributed by atoms with van der Waals surface area (Å²) in [6, 6.07) is 16.8. The lowest BCUT2D eigenvalue weighted by Crippen LogP contribution is -2.48. The van der Waals surface area contributed by atoms with Crippen LogP contribution in [0.1, 0.15) is 23.2 Å². The third kappa shape index (κ3) is 6.06. The Bertz CT molecular complexity index is 965. The van der Waals surface area contributed by atoms with Crippen molar-refractivity contribution < 1.29 is 17.9 Å². The van der Waals surface area contributed by atoms with Crippen molar-refractivity contribution in [1.82, 2.24) is 15.1 Å². The number of rotatable bonds is 8. The standard InChI is InChI=1S/C23H31N3O4S/c1-25(2)21(19-10-7-11-20(16-19)30-3)17-24-23(27)22(18-8-5-4-6-9-18)26-12-14-31(28,29)15-13-26/h4-11,16,21-22H,12-15,17H2,1-3H3,(H,24,27). The van der Waals surface area contributed by atoms with E-state index in [2.05, 4.69) is 10.2 Å². The Morgan fingerprint density at radius 2 is 1.71 bits per heavy atom. The number of carbonyl (C=O) groups excluding carboxylic acids is 1. The second kappa shape index (κ2) is 10.3. The number of hydrogen-bond acceptors (Lipinski definition) is 6. The predicted octanol–water partition coefficient (Wildman–Crippen LogP) is 1.89. The van der Waals surface area contributed by atoms with Gasteiger partial charge in [-0.1, -0.05) is 42.5 Å². The van der Waals surface area contributed by atoms with Crippen molar-refractivity contribution >= 4 is 15.7 Å². The van der Waals surface area contributed by atoms with Gasteiger partial charge in [0.1, 0.15) is 11.8 Å². The minimum absolute atomic E-state index is 0.0304. The molecule has 31 heavy (non-hydrogen) atoms. The van der Waals surface area contributed by atoms with Crippen LogP contribution in [0.3, 0.4) is 0 Å². The van der Waals surface area contributed by atoms with Gasteiger partial charge in [0.2, 0.25) is 5.91 Å². The SMILES string of the molecule is COc1cccc(C(CNC(=O)C(c2ccccc2)N2CCS(=O)(=O)CC2)N(C)C)c1. The minimum atomic E-state index is -3.03. The maximum absolute atomic E-state index is 13.3. The second-order valence-electron chi connectivity index (χ2n) is 8.00. The van der Waals surface area contributed by atoms with E-state index in [9.17, 15) is 13.2 Å². The summed E-state index contributed by atoms with van der Waals surface area (Å²) in [6.07, 6.45) is 0. The summed E-state index contributed by atoms with van der Waals surface area (Å²) in [5.74, 6) is 0.800. The Hall–Kier alpha value is -2.42. The molecule has 7 nitrogen and oxygen atoms in total. The van der Waals surface area contributed by atoms with Crippen LogP contribution in [0.2, 0.25) is 0 Å². The molecule has 1 N–H and O–H groups in total. The van der Waals surface area contributed by atoms with E-state index in [-0.39, 0.29) is 23.5 Å². The molecule has 1 aliphatic heterocycles. The van der Waals surface area contributed by atoms with Gasteiger partial charge in [-0.25, -0.2) is 8.42 Å². The largest absolute Gasteiger partial charge is 0.497 e. The van der Waals surface area contributed by atoms with Crippen molar-refractivity contribution in [3.63, 3.8) is 0 Å².